The zero-order valence-corrected chi connectivity index (χ0v) is 8.57. The standard InChI is InChI=1S/C10H8ClN3O/c11-10-4-3-8(9(6-10)7-15)2-1-5-13-14-12/h3-4,6,15H,5,7H2. The number of hydrogen-bond acceptors (Lipinski definition) is 2. The third-order valence-corrected chi connectivity index (χ3v) is 1.91. The second-order valence-electron chi connectivity index (χ2n) is 2.65. The predicted octanol–water partition coefficient (Wildman–Crippen LogP) is 2.49. The third kappa shape index (κ3) is 3.53. The van der Waals surface area contributed by atoms with Crippen LogP contribution in [0, 0.1) is 11.8 Å². The molecule has 0 saturated heterocycles. The molecule has 0 amide bonds. The number of azide groups is 1. The summed E-state index contributed by atoms with van der Waals surface area (Å²) in [7, 11) is 0. The highest BCUT2D eigenvalue weighted by molar-refractivity contribution is 6.30. The fourth-order valence-corrected chi connectivity index (χ4v) is 1.21. The van der Waals surface area contributed by atoms with Crippen molar-refractivity contribution in [2.75, 3.05) is 6.54 Å². The Labute approximate surface area is 92.1 Å². The SMILES string of the molecule is [N-]=[N+]=NCC#Cc1ccc(Cl)cc1CO. The number of aliphatic hydroxyl groups excluding tert-OH is 1. The van der Waals surface area contributed by atoms with Crippen molar-refractivity contribution in [1.29, 1.82) is 0 Å². The quantitative estimate of drug-likeness (QED) is 0.355. The van der Waals surface area contributed by atoms with Crippen LogP contribution in [0.3, 0.4) is 0 Å². The van der Waals surface area contributed by atoms with E-state index in [0.717, 1.165) is 0 Å². The molecule has 0 saturated carbocycles. The number of aliphatic hydroxyl groups is 1. The Kier molecular flexibility index (Phi) is 4.52. The van der Waals surface area contributed by atoms with Gasteiger partial charge in [-0.15, -0.1) is 0 Å². The molecule has 1 N–H and O–H groups in total. The minimum Gasteiger partial charge on any atom is -0.392 e. The fourth-order valence-electron chi connectivity index (χ4n) is 1.02. The Morgan fingerprint density at radius 3 is 3.00 bits per heavy atom. The third-order valence-electron chi connectivity index (χ3n) is 1.67. The lowest BCUT2D eigenvalue weighted by molar-refractivity contribution is 0.281. The second-order valence-corrected chi connectivity index (χ2v) is 3.09. The predicted molar refractivity (Wildman–Crippen MR) is 58.3 cm³/mol. The van der Waals surface area contributed by atoms with Gasteiger partial charge < -0.3 is 5.11 Å². The summed E-state index contributed by atoms with van der Waals surface area (Å²) < 4.78 is 0. The molecule has 15 heavy (non-hydrogen) atoms. The molecule has 5 heteroatoms. The molecule has 0 radical (unpaired) electrons. The van der Waals surface area contributed by atoms with Gasteiger partial charge >= 0.3 is 0 Å². The van der Waals surface area contributed by atoms with Crippen LogP contribution in [0.25, 0.3) is 10.4 Å². The van der Waals surface area contributed by atoms with Gasteiger partial charge in [-0.3, -0.25) is 0 Å². The monoisotopic (exact) mass is 221 g/mol. The zero-order chi connectivity index (χ0) is 11.1. The average molecular weight is 222 g/mol. The van der Waals surface area contributed by atoms with Gasteiger partial charge in [-0.2, -0.15) is 0 Å². The summed E-state index contributed by atoms with van der Waals surface area (Å²) in [5.74, 6) is 5.46. The molecule has 0 unspecified atom stereocenters. The summed E-state index contributed by atoms with van der Waals surface area (Å²) in [6.07, 6.45) is 0. The van der Waals surface area contributed by atoms with E-state index >= 15 is 0 Å². The van der Waals surface area contributed by atoms with Crippen molar-refractivity contribution in [2.45, 2.75) is 6.61 Å². The molecule has 1 aromatic rings. The Morgan fingerprint density at radius 1 is 1.53 bits per heavy atom. The first-order valence-corrected chi connectivity index (χ1v) is 4.54. The van der Waals surface area contributed by atoms with Gasteiger partial charge in [-0.25, -0.2) is 0 Å². The van der Waals surface area contributed by atoms with Crippen molar-refractivity contribution in [3.05, 3.63) is 44.8 Å². The van der Waals surface area contributed by atoms with Gasteiger partial charge in [-0.05, 0) is 29.3 Å². The van der Waals surface area contributed by atoms with Crippen LogP contribution in [0.4, 0.5) is 0 Å². The van der Waals surface area contributed by atoms with Crippen LogP contribution in [0.5, 0.6) is 0 Å². The number of nitrogens with zero attached hydrogens (tertiary/aromatic N) is 3. The van der Waals surface area contributed by atoms with Crippen LogP contribution in [0.2, 0.25) is 5.02 Å². The summed E-state index contributed by atoms with van der Waals surface area (Å²) >= 11 is 5.75. The molecule has 0 bridgehead atoms. The second kappa shape index (κ2) is 5.94. The minimum atomic E-state index is -0.119. The first-order chi connectivity index (χ1) is 7.27. The molecule has 0 aliphatic rings. The van der Waals surface area contributed by atoms with Gasteiger partial charge in [0.05, 0.1) is 13.2 Å². The van der Waals surface area contributed by atoms with Crippen molar-refractivity contribution in [3.8, 4) is 11.8 Å². The van der Waals surface area contributed by atoms with Gasteiger partial charge in [0.25, 0.3) is 0 Å². The van der Waals surface area contributed by atoms with Crippen molar-refractivity contribution in [3.63, 3.8) is 0 Å². The highest BCUT2D eigenvalue weighted by Crippen LogP contribution is 2.15. The highest BCUT2D eigenvalue weighted by atomic mass is 35.5. The van der Waals surface area contributed by atoms with Crippen molar-refractivity contribution in [1.82, 2.24) is 0 Å². The number of hydrogen-bond donors (Lipinski definition) is 1. The molecular formula is C10H8ClN3O. The molecular weight excluding hydrogens is 214 g/mol. The Morgan fingerprint density at radius 2 is 2.33 bits per heavy atom. The van der Waals surface area contributed by atoms with E-state index in [0.29, 0.717) is 16.1 Å². The van der Waals surface area contributed by atoms with Gasteiger partial charge in [0.15, 0.2) is 0 Å². The van der Waals surface area contributed by atoms with Crippen molar-refractivity contribution >= 4 is 11.6 Å². The van der Waals surface area contributed by atoms with E-state index in [9.17, 15) is 0 Å². The van der Waals surface area contributed by atoms with E-state index in [2.05, 4.69) is 21.9 Å². The normalized spacial score (nSPS) is 8.67. The number of benzene rings is 1. The topological polar surface area (TPSA) is 69.0 Å². The molecule has 0 aromatic heterocycles. The van der Waals surface area contributed by atoms with Crippen LogP contribution in [-0.2, 0) is 6.61 Å². The molecule has 0 atom stereocenters. The summed E-state index contributed by atoms with van der Waals surface area (Å²) in [5.41, 5.74) is 9.39. The van der Waals surface area contributed by atoms with Gasteiger partial charge in [0.1, 0.15) is 0 Å². The summed E-state index contributed by atoms with van der Waals surface area (Å²) in [4.78, 5) is 2.58. The minimum absolute atomic E-state index is 0.115. The first-order valence-electron chi connectivity index (χ1n) is 4.17. The van der Waals surface area contributed by atoms with Crippen molar-refractivity contribution in [2.24, 2.45) is 5.11 Å². The van der Waals surface area contributed by atoms with E-state index in [1.54, 1.807) is 18.2 Å². The smallest absolute Gasteiger partial charge is 0.0880 e. The average Bonchev–Trinajstić information content (AvgIpc) is 2.26. The van der Waals surface area contributed by atoms with E-state index in [-0.39, 0.29) is 13.2 Å². The van der Waals surface area contributed by atoms with E-state index in [4.69, 9.17) is 22.2 Å². The summed E-state index contributed by atoms with van der Waals surface area (Å²) in [6.45, 7) is -0.00388. The van der Waals surface area contributed by atoms with E-state index < -0.39 is 0 Å². The molecule has 1 aromatic carbocycles. The molecule has 0 heterocycles. The molecule has 0 spiro atoms. The van der Waals surface area contributed by atoms with E-state index in [1.807, 2.05) is 0 Å². The lowest BCUT2D eigenvalue weighted by Crippen LogP contribution is -1.89. The van der Waals surface area contributed by atoms with Crippen LogP contribution in [0.15, 0.2) is 23.3 Å². The maximum atomic E-state index is 9.04. The molecule has 0 fully saturated rings. The molecule has 0 aliphatic carbocycles. The van der Waals surface area contributed by atoms with Crippen LogP contribution >= 0.6 is 11.6 Å². The van der Waals surface area contributed by atoms with Crippen molar-refractivity contribution < 1.29 is 5.11 Å². The van der Waals surface area contributed by atoms with Gasteiger partial charge in [0, 0.05) is 15.5 Å². The number of halogens is 1. The van der Waals surface area contributed by atoms with Crippen LogP contribution < -0.4 is 0 Å². The summed E-state index contributed by atoms with van der Waals surface area (Å²) in [6, 6.07) is 5.06. The summed E-state index contributed by atoms with van der Waals surface area (Å²) in [5, 5.41) is 12.9. The molecule has 4 nitrogen and oxygen atoms in total. The maximum Gasteiger partial charge on any atom is 0.0880 e. The fraction of sp³-hybridized carbons (Fsp3) is 0.200. The van der Waals surface area contributed by atoms with Crippen LogP contribution in [-0.4, -0.2) is 11.7 Å². The Balaban J connectivity index is 2.91. The maximum absolute atomic E-state index is 9.04. The Bertz CT molecular complexity index is 455. The number of rotatable bonds is 2. The lowest BCUT2D eigenvalue weighted by atomic mass is 10.1. The lowest BCUT2D eigenvalue weighted by Gasteiger charge is -2.00. The van der Waals surface area contributed by atoms with Gasteiger partial charge in [0.2, 0.25) is 0 Å². The first kappa shape index (κ1) is 11.4. The molecule has 76 valence electrons. The largest absolute Gasteiger partial charge is 0.392 e. The van der Waals surface area contributed by atoms with Gasteiger partial charge in [-0.1, -0.05) is 28.6 Å². The molecule has 0 aliphatic heterocycles. The molecule has 1 rings (SSSR count). The zero-order valence-electron chi connectivity index (χ0n) is 7.81. The van der Waals surface area contributed by atoms with Crippen LogP contribution in [0.1, 0.15) is 11.1 Å². The highest BCUT2D eigenvalue weighted by Gasteiger charge is 1.98. The van der Waals surface area contributed by atoms with E-state index in [1.165, 1.54) is 0 Å². The Hall–Kier alpha value is -1.66.